The third-order valence-electron chi connectivity index (χ3n) is 7.33. The van der Waals surface area contributed by atoms with Gasteiger partial charge in [0.1, 0.15) is 11.6 Å². The van der Waals surface area contributed by atoms with Gasteiger partial charge in [0.15, 0.2) is 0 Å². The molecule has 0 saturated heterocycles. The molecule has 0 spiro atoms. The Balaban J connectivity index is 0.000000738. The largest absolute Gasteiger partial charge is 0.438 e. The molecule has 0 radical (unpaired) electrons. The Hall–Kier alpha value is -4.52. The number of nitrogens with one attached hydrogen (secondary N) is 4. The Morgan fingerprint density at radius 3 is 2.24 bits per heavy atom. The van der Waals surface area contributed by atoms with Gasteiger partial charge in [-0.05, 0) is 66.0 Å². The van der Waals surface area contributed by atoms with E-state index in [1.807, 2.05) is 37.4 Å². The van der Waals surface area contributed by atoms with Crippen LogP contribution >= 0.6 is 0 Å². The van der Waals surface area contributed by atoms with Crippen LogP contribution in [0.4, 0.5) is 23.0 Å². The fourth-order valence-electron chi connectivity index (χ4n) is 4.89. The Morgan fingerprint density at radius 2 is 1.63 bits per heavy atom. The lowest BCUT2D eigenvalue weighted by Crippen LogP contribution is -2.15. The van der Waals surface area contributed by atoms with Crippen molar-refractivity contribution < 1.29 is 4.74 Å². The summed E-state index contributed by atoms with van der Waals surface area (Å²) in [6.07, 6.45) is 9.17. The van der Waals surface area contributed by atoms with Crippen LogP contribution in [0.15, 0.2) is 85.3 Å². The summed E-state index contributed by atoms with van der Waals surface area (Å²) in [7, 11) is 1.97. The van der Waals surface area contributed by atoms with E-state index in [4.69, 9.17) is 4.74 Å². The molecule has 0 aliphatic rings. The summed E-state index contributed by atoms with van der Waals surface area (Å²) in [5.41, 5.74) is 5.61. The predicted octanol–water partition coefficient (Wildman–Crippen LogP) is 10.7. The molecular formula is C39H54N6O. The van der Waals surface area contributed by atoms with E-state index in [1.165, 1.54) is 11.1 Å². The Bertz CT molecular complexity index is 1600. The van der Waals surface area contributed by atoms with Crippen LogP contribution in [-0.4, -0.2) is 23.6 Å². The van der Waals surface area contributed by atoms with Crippen LogP contribution in [0.5, 0.6) is 11.6 Å². The number of benzene rings is 3. The van der Waals surface area contributed by atoms with Gasteiger partial charge in [0.2, 0.25) is 11.8 Å². The maximum absolute atomic E-state index is 6.20. The summed E-state index contributed by atoms with van der Waals surface area (Å²) in [6, 6.07) is 18.3. The van der Waals surface area contributed by atoms with Crippen molar-refractivity contribution in [3.05, 3.63) is 96.5 Å². The van der Waals surface area contributed by atoms with Crippen LogP contribution in [0.3, 0.4) is 0 Å². The number of anilines is 4. The quantitative estimate of drug-likeness (QED) is 0.110. The van der Waals surface area contributed by atoms with E-state index in [1.54, 1.807) is 12.3 Å². The van der Waals surface area contributed by atoms with E-state index >= 15 is 0 Å². The summed E-state index contributed by atoms with van der Waals surface area (Å²) < 4.78 is 6.20. The second-order valence-corrected chi connectivity index (χ2v) is 12.6. The molecule has 1 aromatic heterocycles. The molecular weight excluding hydrogens is 568 g/mol. The summed E-state index contributed by atoms with van der Waals surface area (Å²) in [5, 5.41) is 15.6. The van der Waals surface area contributed by atoms with Gasteiger partial charge in [-0.25, -0.2) is 4.98 Å². The molecule has 46 heavy (non-hydrogen) atoms. The highest BCUT2D eigenvalue weighted by molar-refractivity contribution is 5.98. The highest BCUT2D eigenvalue weighted by Crippen LogP contribution is 2.36. The molecule has 4 N–H and O–H groups in total. The minimum atomic E-state index is 0.0194. The number of ether oxygens (including phenoxy) is 1. The number of rotatable bonds is 13. The van der Waals surface area contributed by atoms with Crippen LogP contribution in [0.1, 0.15) is 79.4 Å². The Labute approximate surface area is 277 Å². The van der Waals surface area contributed by atoms with Crippen molar-refractivity contribution in [1.82, 2.24) is 9.97 Å². The van der Waals surface area contributed by atoms with Crippen molar-refractivity contribution in [3.8, 4) is 11.6 Å². The highest BCUT2D eigenvalue weighted by Gasteiger charge is 2.19. The van der Waals surface area contributed by atoms with Gasteiger partial charge < -0.3 is 26.0 Å². The van der Waals surface area contributed by atoms with Gasteiger partial charge in [-0.3, -0.25) is 0 Å². The summed E-state index contributed by atoms with van der Waals surface area (Å²) in [4.78, 5) is 8.77. The molecule has 0 unspecified atom stereocenters. The SMILES string of the molecule is C=C(Nc1cc(C(C)(C)C)cc(NC)c1CC)Nc1ccc(Oc2ccnc(NCCC)n2)c2ccccc12.CCC=CC(C)C. The van der Waals surface area contributed by atoms with Crippen molar-refractivity contribution >= 4 is 33.8 Å². The molecule has 0 bridgehead atoms. The number of aromatic nitrogens is 2. The van der Waals surface area contributed by atoms with Gasteiger partial charge in [0.05, 0.1) is 0 Å². The zero-order valence-electron chi connectivity index (χ0n) is 29.3. The van der Waals surface area contributed by atoms with Crippen molar-refractivity contribution in [2.24, 2.45) is 5.92 Å². The lowest BCUT2D eigenvalue weighted by molar-refractivity contribution is 0.467. The van der Waals surface area contributed by atoms with Gasteiger partial charge >= 0.3 is 0 Å². The van der Waals surface area contributed by atoms with Crippen LogP contribution in [0.2, 0.25) is 0 Å². The molecule has 0 aliphatic heterocycles. The fraction of sp³-hybridized carbons (Fsp3) is 0.385. The summed E-state index contributed by atoms with van der Waals surface area (Å²) in [6.45, 7) is 22.6. The van der Waals surface area contributed by atoms with Gasteiger partial charge in [0.25, 0.3) is 0 Å². The van der Waals surface area contributed by atoms with E-state index in [0.717, 1.165) is 65.3 Å². The van der Waals surface area contributed by atoms with Crippen LogP contribution in [0, 0.1) is 5.92 Å². The first kappa shape index (κ1) is 36.0. The first-order valence-electron chi connectivity index (χ1n) is 16.5. The highest BCUT2D eigenvalue weighted by atomic mass is 16.5. The second kappa shape index (κ2) is 17.2. The molecule has 0 fully saturated rings. The zero-order chi connectivity index (χ0) is 33.7. The van der Waals surface area contributed by atoms with E-state index in [-0.39, 0.29) is 5.41 Å². The number of nitrogens with zero attached hydrogens (tertiary/aromatic N) is 2. The topological polar surface area (TPSA) is 83.1 Å². The van der Waals surface area contributed by atoms with Crippen LogP contribution in [0.25, 0.3) is 10.8 Å². The molecule has 246 valence electrons. The number of allylic oxidation sites excluding steroid dienone is 2. The van der Waals surface area contributed by atoms with Crippen molar-refractivity contribution in [3.63, 3.8) is 0 Å². The molecule has 3 aromatic carbocycles. The van der Waals surface area contributed by atoms with E-state index in [0.29, 0.717) is 17.6 Å². The van der Waals surface area contributed by atoms with Crippen LogP contribution in [-0.2, 0) is 11.8 Å². The average molecular weight is 623 g/mol. The van der Waals surface area contributed by atoms with Gasteiger partial charge in [-0.1, -0.05) is 98.4 Å². The maximum atomic E-state index is 6.20. The van der Waals surface area contributed by atoms with Crippen molar-refractivity contribution in [1.29, 1.82) is 0 Å². The fourth-order valence-corrected chi connectivity index (χ4v) is 4.89. The third kappa shape index (κ3) is 10.3. The zero-order valence-corrected chi connectivity index (χ0v) is 29.3. The second-order valence-electron chi connectivity index (χ2n) is 12.6. The minimum absolute atomic E-state index is 0.0194. The molecule has 7 nitrogen and oxygen atoms in total. The molecule has 0 atom stereocenters. The summed E-state index contributed by atoms with van der Waals surface area (Å²) in [5.74, 6) is 3.19. The van der Waals surface area contributed by atoms with Crippen LogP contribution < -0.4 is 26.0 Å². The number of hydrogen-bond acceptors (Lipinski definition) is 7. The Morgan fingerprint density at radius 1 is 0.935 bits per heavy atom. The molecule has 0 aliphatic carbocycles. The molecule has 1 heterocycles. The van der Waals surface area contributed by atoms with Crippen molar-refractivity contribution in [2.75, 3.05) is 34.9 Å². The van der Waals surface area contributed by atoms with E-state index < -0.39 is 0 Å². The van der Waals surface area contributed by atoms with E-state index in [2.05, 4.69) is 124 Å². The molecule has 4 aromatic rings. The number of hydrogen-bond donors (Lipinski definition) is 4. The Kier molecular flexibility index (Phi) is 13.5. The average Bonchev–Trinajstić information content (AvgIpc) is 3.03. The minimum Gasteiger partial charge on any atom is -0.438 e. The first-order chi connectivity index (χ1) is 22.0. The summed E-state index contributed by atoms with van der Waals surface area (Å²) >= 11 is 0. The van der Waals surface area contributed by atoms with Gasteiger partial charge in [-0.2, -0.15) is 4.98 Å². The van der Waals surface area contributed by atoms with Gasteiger partial charge in [-0.15, -0.1) is 0 Å². The number of fused-ring (bicyclic) bond motifs is 1. The molecule has 0 amide bonds. The molecule has 0 saturated carbocycles. The standard InChI is InChI=1S/C32H40N6O.C7H14/c1-8-17-34-31-35-18-16-30(38-31)39-29-15-14-26(24-12-10-11-13-25(24)29)36-21(3)37-28-20-22(32(4,5)6)19-27(33-7)23(28)9-2;1-4-5-6-7(2)3/h10-16,18-20,33,36-37H,3,8-9,17H2,1-2,4-7H3,(H,34,35,38);5-7H,4H2,1-3H3. The first-order valence-corrected chi connectivity index (χ1v) is 16.5. The smallest absolute Gasteiger partial charge is 0.225 e. The normalized spacial score (nSPS) is 11.3. The lowest BCUT2D eigenvalue weighted by Gasteiger charge is -2.25. The maximum Gasteiger partial charge on any atom is 0.225 e. The molecule has 4 rings (SSSR count). The third-order valence-corrected chi connectivity index (χ3v) is 7.33. The lowest BCUT2D eigenvalue weighted by atomic mass is 9.85. The monoisotopic (exact) mass is 622 g/mol. The van der Waals surface area contributed by atoms with Gasteiger partial charge in [0, 0.05) is 53.7 Å². The predicted molar refractivity (Wildman–Crippen MR) is 200 cm³/mol. The molecule has 7 heteroatoms. The van der Waals surface area contributed by atoms with Crippen molar-refractivity contribution in [2.45, 2.75) is 80.1 Å². The van der Waals surface area contributed by atoms with E-state index in [9.17, 15) is 0 Å².